The zero-order valence-corrected chi connectivity index (χ0v) is 12.9. The minimum Gasteiger partial charge on any atom is -0.496 e. The molecule has 20 heavy (non-hydrogen) atoms. The van der Waals surface area contributed by atoms with Crippen LogP contribution in [0.25, 0.3) is 0 Å². The molecule has 112 valence electrons. The molecule has 0 amide bonds. The Bertz CT molecular complexity index is 436. The van der Waals surface area contributed by atoms with Gasteiger partial charge in [0.05, 0.1) is 7.11 Å². The van der Waals surface area contributed by atoms with E-state index >= 15 is 0 Å². The van der Waals surface area contributed by atoms with Gasteiger partial charge in [-0.15, -0.1) is 0 Å². The van der Waals surface area contributed by atoms with Crippen LogP contribution in [0, 0.1) is 0 Å². The molecule has 1 aliphatic rings. The number of nitrogens with two attached hydrogens (primary N) is 1. The molecule has 4 nitrogen and oxygen atoms in total. The summed E-state index contributed by atoms with van der Waals surface area (Å²) < 4.78 is 5.42. The Labute approximate surface area is 122 Å². The lowest BCUT2D eigenvalue weighted by Gasteiger charge is -2.39. The van der Waals surface area contributed by atoms with Crippen molar-refractivity contribution in [2.75, 3.05) is 33.8 Å². The minimum atomic E-state index is 0.524. The first-order valence-corrected chi connectivity index (χ1v) is 7.46. The highest BCUT2D eigenvalue weighted by atomic mass is 16.5. The molecule has 1 atom stereocenters. The second-order valence-electron chi connectivity index (χ2n) is 5.63. The number of ether oxygens (including phenoxy) is 1. The Morgan fingerprint density at radius 3 is 2.80 bits per heavy atom. The highest BCUT2D eigenvalue weighted by molar-refractivity contribution is 5.37. The quantitative estimate of drug-likeness (QED) is 0.889. The van der Waals surface area contributed by atoms with Gasteiger partial charge in [-0.05, 0) is 25.1 Å². The summed E-state index contributed by atoms with van der Waals surface area (Å²) in [6, 6.07) is 7.06. The molecule has 0 aliphatic carbocycles. The van der Waals surface area contributed by atoms with Gasteiger partial charge in [-0.2, -0.15) is 0 Å². The average molecular weight is 277 g/mol. The third kappa shape index (κ3) is 3.51. The van der Waals surface area contributed by atoms with Gasteiger partial charge in [-0.25, -0.2) is 0 Å². The summed E-state index contributed by atoms with van der Waals surface area (Å²) in [5, 5.41) is 0. The van der Waals surface area contributed by atoms with E-state index in [-0.39, 0.29) is 0 Å². The first-order chi connectivity index (χ1) is 9.67. The molecule has 2 N–H and O–H groups in total. The van der Waals surface area contributed by atoms with Crippen LogP contribution < -0.4 is 10.5 Å². The summed E-state index contributed by atoms with van der Waals surface area (Å²) in [6.45, 7) is 7.21. The zero-order chi connectivity index (χ0) is 14.5. The van der Waals surface area contributed by atoms with Gasteiger partial charge < -0.3 is 15.4 Å². The van der Waals surface area contributed by atoms with Crippen molar-refractivity contribution in [1.29, 1.82) is 0 Å². The molecule has 4 heteroatoms. The van der Waals surface area contributed by atoms with E-state index < -0.39 is 0 Å². The lowest BCUT2D eigenvalue weighted by Crippen LogP contribution is -2.50. The fourth-order valence-electron chi connectivity index (χ4n) is 2.91. The summed E-state index contributed by atoms with van der Waals surface area (Å²) in [7, 11) is 3.94. The van der Waals surface area contributed by atoms with E-state index in [1.165, 1.54) is 12.0 Å². The third-order valence-corrected chi connectivity index (χ3v) is 4.31. The fraction of sp³-hybridized carbons (Fsp3) is 0.625. The van der Waals surface area contributed by atoms with Crippen molar-refractivity contribution < 1.29 is 4.74 Å². The number of likely N-dealkylation sites (N-methyl/N-ethyl adjacent to an activating group) is 1. The normalized spacial score (nSPS) is 21.1. The van der Waals surface area contributed by atoms with E-state index in [9.17, 15) is 0 Å². The second-order valence-corrected chi connectivity index (χ2v) is 5.63. The van der Waals surface area contributed by atoms with Crippen molar-refractivity contribution in [3.05, 3.63) is 29.3 Å². The van der Waals surface area contributed by atoms with Crippen LogP contribution in [0.3, 0.4) is 0 Å². The molecular weight excluding hydrogens is 250 g/mol. The molecule has 0 saturated carbocycles. The largest absolute Gasteiger partial charge is 0.496 e. The monoisotopic (exact) mass is 277 g/mol. The molecule has 1 saturated heterocycles. The topological polar surface area (TPSA) is 41.7 Å². The lowest BCUT2D eigenvalue weighted by atomic mass is 10.1. The predicted octanol–water partition coefficient (Wildman–Crippen LogP) is 1.68. The fourth-order valence-corrected chi connectivity index (χ4v) is 2.91. The molecular formula is C16H27N3O. The van der Waals surface area contributed by atoms with E-state index in [2.05, 4.69) is 42.0 Å². The number of hydrogen-bond donors (Lipinski definition) is 1. The maximum atomic E-state index is 5.72. The Morgan fingerprint density at radius 2 is 2.15 bits per heavy atom. The van der Waals surface area contributed by atoms with Crippen molar-refractivity contribution in [2.24, 2.45) is 5.73 Å². The molecule has 1 unspecified atom stereocenters. The molecule has 1 aromatic rings. The van der Waals surface area contributed by atoms with Crippen LogP contribution in [-0.2, 0) is 13.1 Å². The highest BCUT2D eigenvalue weighted by Crippen LogP contribution is 2.21. The van der Waals surface area contributed by atoms with Gasteiger partial charge in [0.1, 0.15) is 5.75 Å². The SMILES string of the molecule is CCC1CN(Cc2ccc(CN)c(OC)c2)CCN1C. The van der Waals surface area contributed by atoms with E-state index in [1.807, 2.05) is 0 Å². The maximum absolute atomic E-state index is 5.72. The molecule has 0 bridgehead atoms. The average Bonchev–Trinajstić information content (AvgIpc) is 2.49. The minimum absolute atomic E-state index is 0.524. The number of piperazine rings is 1. The van der Waals surface area contributed by atoms with Crippen molar-refractivity contribution in [3.63, 3.8) is 0 Å². The number of benzene rings is 1. The molecule has 0 spiro atoms. The molecule has 1 aliphatic heterocycles. The van der Waals surface area contributed by atoms with Crippen molar-refractivity contribution in [2.45, 2.75) is 32.5 Å². The van der Waals surface area contributed by atoms with Crippen molar-refractivity contribution >= 4 is 0 Å². The van der Waals surface area contributed by atoms with Gasteiger partial charge >= 0.3 is 0 Å². The lowest BCUT2D eigenvalue weighted by molar-refractivity contribution is 0.0883. The first-order valence-electron chi connectivity index (χ1n) is 7.46. The number of nitrogens with zero attached hydrogens (tertiary/aromatic N) is 2. The molecule has 1 heterocycles. The van der Waals surface area contributed by atoms with Gasteiger partial charge in [-0.1, -0.05) is 19.1 Å². The smallest absolute Gasteiger partial charge is 0.123 e. The van der Waals surface area contributed by atoms with Crippen LogP contribution in [-0.4, -0.2) is 49.6 Å². The van der Waals surface area contributed by atoms with Crippen LogP contribution in [0.2, 0.25) is 0 Å². The summed E-state index contributed by atoms with van der Waals surface area (Å²) in [4.78, 5) is 5.00. The van der Waals surface area contributed by atoms with Gasteiger partial charge in [0.15, 0.2) is 0 Å². The number of rotatable bonds is 5. The zero-order valence-electron chi connectivity index (χ0n) is 12.9. The molecule has 0 aromatic heterocycles. The second kappa shape index (κ2) is 7.07. The van der Waals surface area contributed by atoms with Gasteiger partial charge in [-0.3, -0.25) is 4.90 Å². The summed E-state index contributed by atoms with van der Waals surface area (Å²) in [5.41, 5.74) is 8.09. The Morgan fingerprint density at radius 1 is 1.35 bits per heavy atom. The molecule has 1 fully saturated rings. The Hall–Kier alpha value is -1.10. The Balaban J connectivity index is 2.03. The highest BCUT2D eigenvalue weighted by Gasteiger charge is 2.22. The summed E-state index contributed by atoms with van der Waals surface area (Å²) >= 11 is 0. The molecule has 2 rings (SSSR count). The Kier molecular flexibility index (Phi) is 5.40. The van der Waals surface area contributed by atoms with Gasteiger partial charge in [0, 0.05) is 44.3 Å². The van der Waals surface area contributed by atoms with Crippen molar-refractivity contribution in [1.82, 2.24) is 9.80 Å². The van der Waals surface area contributed by atoms with Crippen molar-refractivity contribution in [3.8, 4) is 5.75 Å². The first kappa shape index (κ1) is 15.3. The standard InChI is InChI=1S/C16H27N3O/c1-4-15-12-19(8-7-18(15)2)11-13-5-6-14(10-17)16(9-13)20-3/h5-6,9,15H,4,7-8,10-12,17H2,1-3H3. The van der Waals surface area contributed by atoms with E-state index in [0.717, 1.165) is 37.5 Å². The number of methoxy groups -OCH3 is 1. The molecule has 0 radical (unpaired) electrons. The third-order valence-electron chi connectivity index (χ3n) is 4.31. The van der Waals surface area contributed by atoms with E-state index in [4.69, 9.17) is 10.5 Å². The summed E-state index contributed by atoms with van der Waals surface area (Å²) in [6.07, 6.45) is 1.21. The van der Waals surface area contributed by atoms with Crippen LogP contribution in [0.1, 0.15) is 24.5 Å². The maximum Gasteiger partial charge on any atom is 0.123 e. The summed E-state index contributed by atoms with van der Waals surface area (Å²) in [5.74, 6) is 0.908. The van der Waals surface area contributed by atoms with Crippen LogP contribution in [0.4, 0.5) is 0 Å². The predicted molar refractivity (Wildman–Crippen MR) is 82.9 cm³/mol. The van der Waals surface area contributed by atoms with E-state index in [1.54, 1.807) is 7.11 Å². The van der Waals surface area contributed by atoms with Gasteiger partial charge in [0.25, 0.3) is 0 Å². The van der Waals surface area contributed by atoms with Crippen LogP contribution in [0.5, 0.6) is 5.75 Å². The van der Waals surface area contributed by atoms with Crippen LogP contribution in [0.15, 0.2) is 18.2 Å². The van der Waals surface area contributed by atoms with Crippen LogP contribution >= 0.6 is 0 Å². The molecule has 1 aromatic carbocycles. The van der Waals surface area contributed by atoms with Gasteiger partial charge in [0.2, 0.25) is 0 Å². The number of hydrogen-bond acceptors (Lipinski definition) is 4. The van der Waals surface area contributed by atoms with E-state index in [0.29, 0.717) is 12.6 Å².